The lowest BCUT2D eigenvalue weighted by Gasteiger charge is -2.46. The molecule has 3 aromatic rings. The van der Waals surface area contributed by atoms with Crippen molar-refractivity contribution in [3.8, 4) is 11.1 Å². The van der Waals surface area contributed by atoms with Crippen molar-refractivity contribution in [2.24, 2.45) is 0 Å². The van der Waals surface area contributed by atoms with Crippen molar-refractivity contribution < 1.29 is 4.79 Å². The number of thiophene rings is 1. The van der Waals surface area contributed by atoms with Crippen LogP contribution in [0.5, 0.6) is 0 Å². The van der Waals surface area contributed by atoms with E-state index in [2.05, 4.69) is 16.3 Å². The van der Waals surface area contributed by atoms with E-state index < -0.39 is 0 Å². The molecule has 1 fully saturated rings. The van der Waals surface area contributed by atoms with E-state index in [1.165, 1.54) is 10.4 Å². The number of rotatable bonds is 3. The summed E-state index contributed by atoms with van der Waals surface area (Å²) < 4.78 is 0. The van der Waals surface area contributed by atoms with Crippen LogP contribution in [0.15, 0.2) is 60.0 Å². The standard InChI is InChI=1S/C23H21ClN2OS/c24-20-3-1-2-18(12-20)16-4-6-17(7-5-16)23(27)26-14-21(15-26)25-10-8-22-19(13-25)9-11-28-22/h1-7,9,11-12,21H,8,10,13-15H2. The Balaban J connectivity index is 1.21. The van der Waals surface area contributed by atoms with E-state index in [0.29, 0.717) is 6.04 Å². The van der Waals surface area contributed by atoms with Crippen LogP contribution in [-0.2, 0) is 13.0 Å². The van der Waals surface area contributed by atoms with Gasteiger partial charge in [-0.25, -0.2) is 0 Å². The van der Waals surface area contributed by atoms with E-state index in [-0.39, 0.29) is 5.91 Å². The topological polar surface area (TPSA) is 23.6 Å². The molecule has 1 saturated heterocycles. The molecule has 0 spiro atoms. The van der Waals surface area contributed by atoms with E-state index in [9.17, 15) is 4.79 Å². The Labute approximate surface area is 174 Å². The number of carbonyl (C=O) groups is 1. The molecule has 1 aromatic heterocycles. The van der Waals surface area contributed by atoms with Gasteiger partial charge >= 0.3 is 0 Å². The van der Waals surface area contributed by atoms with E-state index in [0.717, 1.165) is 54.3 Å². The Hall–Kier alpha value is -2.14. The van der Waals surface area contributed by atoms with Gasteiger partial charge in [0.25, 0.3) is 5.91 Å². The van der Waals surface area contributed by atoms with Gasteiger partial charge < -0.3 is 4.90 Å². The van der Waals surface area contributed by atoms with E-state index >= 15 is 0 Å². The molecule has 0 bridgehead atoms. The molecule has 1 amide bonds. The molecule has 0 unspecified atom stereocenters. The second-order valence-electron chi connectivity index (χ2n) is 7.54. The van der Waals surface area contributed by atoms with Crippen LogP contribution in [-0.4, -0.2) is 41.4 Å². The van der Waals surface area contributed by atoms with Crippen LogP contribution in [0, 0.1) is 0 Å². The first-order valence-corrected chi connectivity index (χ1v) is 10.9. The zero-order valence-corrected chi connectivity index (χ0v) is 17.0. The molecule has 2 aliphatic heterocycles. The fourth-order valence-electron chi connectivity index (χ4n) is 4.09. The van der Waals surface area contributed by atoms with Crippen molar-refractivity contribution in [1.82, 2.24) is 9.80 Å². The minimum absolute atomic E-state index is 0.127. The van der Waals surface area contributed by atoms with Crippen molar-refractivity contribution in [3.05, 3.63) is 81.0 Å². The molecule has 0 aliphatic carbocycles. The van der Waals surface area contributed by atoms with Gasteiger partial charge in [-0.05, 0) is 58.8 Å². The predicted molar refractivity (Wildman–Crippen MR) is 115 cm³/mol. The van der Waals surface area contributed by atoms with Crippen molar-refractivity contribution in [2.75, 3.05) is 19.6 Å². The summed E-state index contributed by atoms with van der Waals surface area (Å²) in [5.41, 5.74) is 4.36. The van der Waals surface area contributed by atoms with Gasteiger partial charge in [0, 0.05) is 47.7 Å². The fourth-order valence-corrected chi connectivity index (χ4v) is 5.17. The molecule has 0 N–H and O–H groups in total. The Morgan fingerprint density at radius 1 is 1.04 bits per heavy atom. The van der Waals surface area contributed by atoms with Crippen molar-refractivity contribution >= 4 is 28.8 Å². The Kier molecular flexibility index (Phi) is 4.71. The van der Waals surface area contributed by atoms with Crippen molar-refractivity contribution in [2.45, 2.75) is 19.0 Å². The summed E-state index contributed by atoms with van der Waals surface area (Å²) in [7, 11) is 0. The number of benzene rings is 2. The maximum Gasteiger partial charge on any atom is 0.253 e. The minimum Gasteiger partial charge on any atom is -0.335 e. The second kappa shape index (κ2) is 7.36. The van der Waals surface area contributed by atoms with Crippen LogP contribution in [0.1, 0.15) is 20.8 Å². The van der Waals surface area contributed by atoms with Crippen LogP contribution >= 0.6 is 22.9 Å². The van der Waals surface area contributed by atoms with Crippen LogP contribution in [0.4, 0.5) is 0 Å². The molecule has 0 saturated carbocycles. The second-order valence-corrected chi connectivity index (χ2v) is 8.98. The summed E-state index contributed by atoms with van der Waals surface area (Å²) in [4.78, 5) is 18.8. The van der Waals surface area contributed by atoms with Crippen LogP contribution in [0.25, 0.3) is 11.1 Å². The highest BCUT2D eigenvalue weighted by Crippen LogP contribution is 2.29. The first-order chi connectivity index (χ1) is 13.7. The van der Waals surface area contributed by atoms with Gasteiger partial charge in [0.1, 0.15) is 0 Å². The molecular formula is C23H21ClN2OS. The quantitative estimate of drug-likeness (QED) is 0.612. The molecule has 28 heavy (non-hydrogen) atoms. The molecular weight excluding hydrogens is 388 g/mol. The smallest absolute Gasteiger partial charge is 0.253 e. The molecule has 5 rings (SSSR count). The van der Waals surface area contributed by atoms with E-state index in [1.807, 2.05) is 64.8 Å². The largest absolute Gasteiger partial charge is 0.335 e. The van der Waals surface area contributed by atoms with Crippen molar-refractivity contribution in [3.63, 3.8) is 0 Å². The van der Waals surface area contributed by atoms with Crippen LogP contribution < -0.4 is 0 Å². The summed E-state index contributed by atoms with van der Waals surface area (Å²) in [5, 5.41) is 2.91. The lowest BCUT2D eigenvalue weighted by Crippen LogP contribution is -2.61. The summed E-state index contributed by atoms with van der Waals surface area (Å²) in [5.74, 6) is 0.127. The summed E-state index contributed by atoms with van der Waals surface area (Å²) in [6.45, 7) is 3.79. The highest BCUT2D eigenvalue weighted by atomic mass is 35.5. The normalized spacial score (nSPS) is 17.2. The first-order valence-electron chi connectivity index (χ1n) is 9.62. The molecule has 3 heterocycles. The number of carbonyl (C=O) groups excluding carboxylic acids is 1. The van der Waals surface area contributed by atoms with Gasteiger partial charge in [-0.2, -0.15) is 0 Å². The number of halogens is 1. The molecule has 3 nitrogen and oxygen atoms in total. The minimum atomic E-state index is 0.127. The molecule has 0 radical (unpaired) electrons. The number of nitrogens with zero attached hydrogens (tertiary/aromatic N) is 2. The third-order valence-corrected chi connectivity index (χ3v) is 7.05. The van der Waals surface area contributed by atoms with E-state index in [1.54, 1.807) is 0 Å². The third kappa shape index (κ3) is 3.37. The average molecular weight is 409 g/mol. The monoisotopic (exact) mass is 408 g/mol. The number of fused-ring (bicyclic) bond motifs is 1. The van der Waals surface area contributed by atoms with Gasteiger partial charge in [0.15, 0.2) is 0 Å². The Morgan fingerprint density at radius 3 is 2.64 bits per heavy atom. The van der Waals surface area contributed by atoms with Gasteiger partial charge in [0.2, 0.25) is 0 Å². The Bertz CT molecular complexity index is 1010. The fraction of sp³-hybridized carbons (Fsp3) is 0.261. The molecule has 5 heteroatoms. The van der Waals surface area contributed by atoms with E-state index in [4.69, 9.17) is 11.6 Å². The number of amides is 1. The van der Waals surface area contributed by atoms with Crippen molar-refractivity contribution in [1.29, 1.82) is 0 Å². The number of hydrogen-bond donors (Lipinski definition) is 0. The Morgan fingerprint density at radius 2 is 1.86 bits per heavy atom. The molecule has 2 aromatic carbocycles. The zero-order chi connectivity index (χ0) is 19.1. The zero-order valence-electron chi connectivity index (χ0n) is 15.5. The van der Waals surface area contributed by atoms with Crippen LogP contribution in [0.3, 0.4) is 0 Å². The summed E-state index contributed by atoms with van der Waals surface area (Å²) in [6.07, 6.45) is 1.14. The average Bonchev–Trinajstić information content (AvgIpc) is 3.15. The number of hydrogen-bond acceptors (Lipinski definition) is 3. The van der Waals surface area contributed by atoms with Gasteiger partial charge in [0.05, 0.1) is 0 Å². The highest BCUT2D eigenvalue weighted by molar-refractivity contribution is 7.10. The summed E-state index contributed by atoms with van der Waals surface area (Å²) >= 11 is 7.95. The lowest BCUT2D eigenvalue weighted by molar-refractivity contribution is 0.0221. The maximum absolute atomic E-state index is 12.8. The molecule has 2 aliphatic rings. The highest BCUT2D eigenvalue weighted by Gasteiger charge is 2.36. The van der Waals surface area contributed by atoms with Gasteiger partial charge in [-0.15, -0.1) is 11.3 Å². The SMILES string of the molecule is O=C(c1ccc(-c2cccc(Cl)c2)cc1)N1CC(N2CCc3sccc3C2)C1. The first kappa shape index (κ1) is 17.9. The third-order valence-electron chi connectivity index (χ3n) is 5.79. The molecule has 142 valence electrons. The molecule has 0 atom stereocenters. The van der Waals surface area contributed by atoms with Gasteiger partial charge in [-0.1, -0.05) is 35.9 Å². The summed E-state index contributed by atoms with van der Waals surface area (Å²) in [6, 6.07) is 18.3. The number of likely N-dealkylation sites (tertiary alicyclic amines) is 1. The predicted octanol–water partition coefficient (Wildman–Crippen LogP) is 4.95. The lowest BCUT2D eigenvalue weighted by atomic mass is 10.00. The van der Waals surface area contributed by atoms with Crippen LogP contribution in [0.2, 0.25) is 5.02 Å². The van der Waals surface area contributed by atoms with Gasteiger partial charge in [-0.3, -0.25) is 9.69 Å². The maximum atomic E-state index is 12.8.